The van der Waals surface area contributed by atoms with Crippen LogP contribution in [-0.2, 0) is 4.79 Å². The number of rotatable bonds is 4. The molecule has 1 aromatic heterocycles. The fourth-order valence-corrected chi connectivity index (χ4v) is 4.22. The van der Waals surface area contributed by atoms with E-state index in [1.54, 1.807) is 0 Å². The van der Waals surface area contributed by atoms with Crippen LogP contribution in [0.25, 0.3) is 28.1 Å². The minimum atomic E-state index is 0.0547. The Morgan fingerprint density at radius 3 is 2.31 bits per heavy atom. The molecule has 29 heavy (non-hydrogen) atoms. The highest BCUT2D eigenvalue weighted by atomic mass is 16.1. The average Bonchev–Trinajstić information content (AvgIpc) is 3.44. The summed E-state index contributed by atoms with van der Waals surface area (Å²) in [5, 5.41) is 4.36. The Kier molecular flexibility index (Phi) is 4.85. The third-order valence-electron chi connectivity index (χ3n) is 6.49. The maximum absolute atomic E-state index is 12.4. The summed E-state index contributed by atoms with van der Waals surface area (Å²) in [5.41, 5.74) is 12.0. The lowest BCUT2D eigenvalue weighted by atomic mass is 9.85. The van der Waals surface area contributed by atoms with E-state index in [1.807, 2.05) is 6.92 Å². The van der Waals surface area contributed by atoms with Gasteiger partial charge in [0.25, 0.3) is 0 Å². The topological polar surface area (TPSA) is 44.9 Å². The number of carbonyl (C=O) groups is 1. The molecule has 2 N–H and O–H groups in total. The van der Waals surface area contributed by atoms with Crippen LogP contribution in [0.2, 0.25) is 0 Å². The molecule has 0 radical (unpaired) electrons. The van der Waals surface area contributed by atoms with E-state index in [0.717, 1.165) is 18.4 Å². The molecule has 0 bridgehead atoms. The highest BCUT2D eigenvalue weighted by Crippen LogP contribution is 2.37. The van der Waals surface area contributed by atoms with Gasteiger partial charge in [0.1, 0.15) is 0 Å². The number of fused-ring (bicyclic) bond motifs is 1. The first kappa shape index (κ1) is 19.5. The van der Waals surface area contributed by atoms with Gasteiger partial charge in [0.05, 0.1) is 0 Å². The van der Waals surface area contributed by atoms with Gasteiger partial charge in [0.15, 0.2) is 0 Å². The van der Waals surface area contributed by atoms with Crippen LogP contribution in [0, 0.1) is 34.6 Å². The second-order valence-electron chi connectivity index (χ2n) is 8.60. The Balaban J connectivity index is 1.81. The molecule has 0 atom stereocenters. The molecule has 1 fully saturated rings. The van der Waals surface area contributed by atoms with Gasteiger partial charge >= 0.3 is 0 Å². The number of carbonyl (C=O) groups excluding carboxylic acids is 1. The molecule has 150 valence electrons. The van der Waals surface area contributed by atoms with Crippen LogP contribution in [-0.4, -0.2) is 16.9 Å². The number of aromatic amines is 1. The lowest BCUT2D eigenvalue weighted by molar-refractivity contribution is -0.117. The van der Waals surface area contributed by atoms with Crippen molar-refractivity contribution in [3.05, 3.63) is 63.3 Å². The number of nitrogens with one attached hydrogen (secondary N) is 2. The molecule has 1 saturated carbocycles. The summed E-state index contributed by atoms with van der Waals surface area (Å²) in [4.78, 5) is 15.8. The Bertz CT molecular complexity index is 1130. The van der Waals surface area contributed by atoms with E-state index in [4.69, 9.17) is 0 Å². The lowest BCUT2D eigenvalue weighted by Gasteiger charge is -2.20. The number of hydrogen-bond acceptors (Lipinski definition) is 1. The van der Waals surface area contributed by atoms with E-state index in [9.17, 15) is 4.79 Å². The van der Waals surface area contributed by atoms with Crippen LogP contribution in [0.3, 0.4) is 0 Å². The standard InChI is InChI=1S/C26H30N2O/c1-14(26(29)28-21-8-9-21)11-23-16(3)18(5)25(19(6)17(23)4)20-7-10-24-22(12-20)15(2)13-27-24/h7,10-13,21,27H,8-9H2,1-6H3,(H,28,29)/b14-11+. The maximum Gasteiger partial charge on any atom is 0.247 e. The zero-order chi connectivity index (χ0) is 20.9. The summed E-state index contributed by atoms with van der Waals surface area (Å²) in [6, 6.07) is 7.04. The van der Waals surface area contributed by atoms with Gasteiger partial charge in [0, 0.05) is 28.7 Å². The summed E-state index contributed by atoms with van der Waals surface area (Å²) in [7, 11) is 0. The van der Waals surface area contributed by atoms with Gasteiger partial charge in [-0.15, -0.1) is 0 Å². The molecule has 1 aliphatic rings. The molecular formula is C26H30N2O. The fraction of sp³-hybridized carbons (Fsp3) is 0.346. The zero-order valence-corrected chi connectivity index (χ0v) is 18.3. The first-order valence-electron chi connectivity index (χ1n) is 10.5. The first-order valence-corrected chi connectivity index (χ1v) is 10.5. The number of aryl methyl sites for hydroxylation is 1. The Morgan fingerprint density at radius 2 is 1.69 bits per heavy atom. The third kappa shape index (κ3) is 3.50. The smallest absolute Gasteiger partial charge is 0.247 e. The molecule has 3 nitrogen and oxygen atoms in total. The van der Waals surface area contributed by atoms with Crippen molar-refractivity contribution in [1.82, 2.24) is 10.3 Å². The molecule has 0 saturated heterocycles. The van der Waals surface area contributed by atoms with Gasteiger partial charge in [-0.25, -0.2) is 0 Å². The van der Waals surface area contributed by atoms with Crippen LogP contribution in [0.4, 0.5) is 0 Å². The van der Waals surface area contributed by atoms with E-state index in [0.29, 0.717) is 6.04 Å². The van der Waals surface area contributed by atoms with Crippen LogP contribution in [0.1, 0.15) is 53.1 Å². The van der Waals surface area contributed by atoms with Crippen molar-refractivity contribution in [1.29, 1.82) is 0 Å². The van der Waals surface area contributed by atoms with E-state index in [2.05, 4.69) is 75.4 Å². The van der Waals surface area contributed by atoms with Gasteiger partial charge < -0.3 is 10.3 Å². The highest BCUT2D eigenvalue weighted by Gasteiger charge is 2.24. The monoisotopic (exact) mass is 386 g/mol. The van der Waals surface area contributed by atoms with Gasteiger partial charge in [0.2, 0.25) is 5.91 Å². The predicted molar refractivity (Wildman–Crippen MR) is 122 cm³/mol. The SMILES string of the molecule is C/C(=C\c1c(C)c(C)c(-c2ccc3[nH]cc(C)c3c2)c(C)c1C)C(=O)NC1CC1. The van der Waals surface area contributed by atoms with Crippen LogP contribution in [0.5, 0.6) is 0 Å². The molecule has 1 heterocycles. The van der Waals surface area contributed by atoms with Crippen molar-refractivity contribution in [3.8, 4) is 11.1 Å². The fourth-order valence-electron chi connectivity index (χ4n) is 4.22. The number of aromatic nitrogens is 1. The molecule has 4 rings (SSSR count). The lowest BCUT2D eigenvalue weighted by Crippen LogP contribution is -2.25. The first-order chi connectivity index (χ1) is 13.8. The summed E-state index contributed by atoms with van der Waals surface area (Å²) < 4.78 is 0. The number of amides is 1. The highest BCUT2D eigenvalue weighted by molar-refractivity contribution is 5.98. The van der Waals surface area contributed by atoms with Crippen molar-refractivity contribution in [2.45, 2.75) is 60.4 Å². The molecule has 1 aliphatic carbocycles. The van der Waals surface area contributed by atoms with Crippen molar-refractivity contribution >= 4 is 22.9 Å². The summed E-state index contributed by atoms with van der Waals surface area (Å²) in [6.45, 7) is 12.8. The summed E-state index contributed by atoms with van der Waals surface area (Å²) >= 11 is 0. The van der Waals surface area contributed by atoms with Crippen LogP contribution in [0.15, 0.2) is 30.0 Å². The summed E-state index contributed by atoms with van der Waals surface area (Å²) in [5.74, 6) is 0.0547. The van der Waals surface area contributed by atoms with Crippen LogP contribution < -0.4 is 5.32 Å². The molecule has 2 aromatic carbocycles. The zero-order valence-electron chi connectivity index (χ0n) is 18.3. The van der Waals surface area contributed by atoms with Gasteiger partial charge in [-0.3, -0.25) is 4.79 Å². The van der Waals surface area contributed by atoms with Crippen molar-refractivity contribution in [2.24, 2.45) is 0 Å². The second kappa shape index (κ2) is 7.22. The van der Waals surface area contributed by atoms with E-state index < -0.39 is 0 Å². The normalized spacial score (nSPS) is 14.5. The Labute approximate surface area is 173 Å². The number of hydrogen-bond donors (Lipinski definition) is 2. The van der Waals surface area contributed by atoms with E-state index in [-0.39, 0.29) is 5.91 Å². The molecule has 0 spiro atoms. The quantitative estimate of drug-likeness (QED) is 0.526. The van der Waals surface area contributed by atoms with Crippen molar-refractivity contribution in [3.63, 3.8) is 0 Å². The Hall–Kier alpha value is -2.81. The van der Waals surface area contributed by atoms with Crippen molar-refractivity contribution < 1.29 is 4.79 Å². The van der Waals surface area contributed by atoms with Gasteiger partial charge in [-0.1, -0.05) is 6.07 Å². The maximum atomic E-state index is 12.4. The number of benzene rings is 2. The average molecular weight is 387 g/mol. The third-order valence-corrected chi connectivity index (χ3v) is 6.49. The van der Waals surface area contributed by atoms with Crippen molar-refractivity contribution in [2.75, 3.05) is 0 Å². The molecule has 3 aromatic rings. The minimum Gasteiger partial charge on any atom is -0.361 e. The summed E-state index contributed by atoms with van der Waals surface area (Å²) in [6.07, 6.45) is 6.34. The van der Waals surface area contributed by atoms with Crippen LogP contribution >= 0.6 is 0 Å². The Morgan fingerprint density at radius 1 is 1.03 bits per heavy atom. The molecule has 0 unspecified atom stereocenters. The molecular weight excluding hydrogens is 356 g/mol. The number of H-pyrrole nitrogens is 1. The van der Waals surface area contributed by atoms with Gasteiger partial charge in [-0.05, 0) is 117 Å². The van der Waals surface area contributed by atoms with Gasteiger partial charge in [-0.2, -0.15) is 0 Å². The largest absolute Gasteiger partial charge is 0.361 e. The van der Waals surface area contributed by atoms with E-state index in [1.165, 1.54) is 55.4 Å². The van der Waals surface area contributed by atoms with E-state index >= 15 is 0 Å². The second-order valence-corrected chi connectivity index (χ2v) is 8.60. The molecule has 0 aliphatic heterocycles. The molecule has 3 heteroatoms. The minimum absolute atomic E-state index is 0.0547. The predicted octanol–water partition coefficient (Wildman–Crippen LogP) is 6.06. The molecule has 1 amide bonds.